The molecular weight excluding hydrogens is 366 g/mol. The minimum absolute atomic E-state index is 0.418. The van der Waals surface area contributed by atoms with Gasteiger partial charge in [-0.3, -0.25) is 4.98 Å². The molecule has 0 saturated carbocycles. The molecule has 2 heterocycles. The number of carbonyl (C=O) groups excluding carboxylic acids is 1. The van der Waals surface area contributed by atoms with Crippen molar-refractivity contribution in [2.45, 2.75) is 58.4 Å². The van der Waals surface area contributed by atoms with Gasteiger partial charge in [-0.25, -0.2) is 4.79 Å². The fraction of sp³-hybridized carbons (Fsp3) is 0.409. The summed E-state index contributed by atoms with van der Waals surface area (Å²) in [4.78, 5) is 17.6. The number of carbonyl (C=O) groups is 1. The largest absolute Gasteiger partial charge is 0.423 e. The Hall–Kier alpha value is -3.09. The van der Waals surface area contributed by atoms with Crippen LogP contribution in [0.1, 0.15) is 62.2 Å². The molecule has 0 amide bonds. The molecule has 3 rings (SSSR count). The molecule has 1 aromatic carbocycles. The first-order chi connectivity index (χ1) is 14.3. The molecule has 3 aromatic rings. The van der Waals surface area contributed by atoms with Crippen LogP contribution in [-0.4, -0.2) is 31.2 Å². The summed E-state index contributed by atoms with van der Waals surface area (Å²) in [6.45, 7) is 3.01. The van der Waals surface area contributed by atoms with Gasteiger partial charge in [0.2, 0.25) is 5.82 Å². The van der Waals surface area contributed by atoms with Gasteiger partial charge in [-0.15, -0.1) is 10.2 Å². The number of tetrazole rings is 1. The summed E-state index contributed by atoms with van der Waals surface area (Å²) in [6.07, 6.45) is 11.9. The lowest BCUT2D eigenvalue weighted by molar-refractivity contribution is 0.0734. The minimum atomic E-state index is -0.418. The van der Waals surface area contributed by atoms with Gasteiger partial charge in [0.1, 0.15) is 5.75 Å². The molecule has 29 heavy (non-hydrogen) atoms. The molecule has 152 valence electrons. The number of benzene rings is 1. The maximum absolute atomic E-state index is 12.1. The summed E-state index contributed by atoms with van der Waals surface area (Å²) in [5.74, 6) is 0.616. The van der Waals surface area contributed by atoms with E-state index in [0.717, 1.165) is 18.5 Å². The maximum atomic E-state index is 12.1. The number of aryl methyl sites for hydroxylation is 1. The predicted molar refractivity (Wildman–Crippen MR) is 110 cm³/mol. The first kappa shape index (κ1) is 20.6. The number of hydrogen-bond acceptors (Lipinski definition) is 6. The molecule has 0 atom stereocenters. The molecule has 0 fully saturated rings. The van der Waals surface area contributed by atoms with Gasteiger partial charge in [0.05, 0.1) is 12.1 Å². The van der Waals surface area contributed by atoms with Crippen LogP contribution in [0.4, 0.5) is 0 Å². The molecule has 2 aromatic heterocycles. The second-order valence-electron chi connectivity index (χ2n) is 6.98. The standard InChI is InChI=1S/C22H27N5O2/c1-2-3-4-5-6-7-8-17-27-25-21(24-26-27)18-9-11-20(12-10-18)29-22(28)19-13-15-23-16-14-19/h9-16H,2-8,17H2,1H3. The Balaban J connectivity index is 1.47. The van der Waals surface area contributed by atoms with Crippen molar-refractivity contribution in [1.82, 2.24) is 25.2 Å². The molecule has 0 aliphatic carbocycles. The number of rotatable bonds is 11. The maximum Gasteiger partial charge on any atom is 0.343 e. The molecule has 0 spiro atoms. The van der Waals surface area contributed by atoms with Crippen LogP contribution in [0, 0.1) is 0 Å². The van der Waals surface area contributed by atoms with Crippen molar-refractivity contribution in [2.75, 3.05) is 0 Å². The first-order valence-corrected chi connectivity index (χ1v) is 10.3. The molecule has 0 unspecified atom stereocenters. The van der Waals surface area contributed by atoms with Crippen molar-refractivity contribution in [3.8, 4) is 17.1 Å². The van der Waals surface area contributed by atoms with Crippen LogP contribution in [0.2, 0.25) is 0 Å². The third-order valence-corrected chi connectivity index (χ3v) is 4.65. The van der Waals surface area contributed by atoms with E-state index >= 15 is 0 Å². The summed E-state index contributed by atoms with van der Waals surface area (Å²) < 4.78 is 5.37. The van der Waals surface area contributed by atoms with Crippen molar-refractivity contribution in [2.24, 2.45) is 0 Å². The topological polar surface area (TPSA) is 82.8 Å². The summed E-state index contributed by atoms with van der Waals surface area (Å²) in [5, 5.41) is 12.7. The highest BCUT2D eigenvalue weighted by Crippen LogP contribution is 2.19. The normalized spacial score (nSPS) is 10.8. The highest BCUT2D eigenvalue weighted by atomic mass is 16.5. The number of nitrogens with zero attached hydrogens (tertiary/aromatic N) is 5. The van der Waals surface area contributed by atoms with Crippen molar-refractivity contribution in [3.63, 3.8) is 0 Å². The van der Waals surface area contributed by atoms with E-state index in [1.165, 1.54) is 38.5 Å². The molecule has 0 bridgehead atoms. The lowest BCUT2D eigenvalue weighted by atomic mass is 10.1. The van der Waals surface area contributed by atoms with E-state index in [1.807, 2.05) is 12.1 Å². The molecule has 7 heteroatoms. The van der Waals surface area contributed by atoms with Gasteiger partial charge in [-0.05, 0) is 48.0 Å². The van der Waals surface area contributed by atoms with Gasteiger partial charge in [-0.1, -0.05) is 45.4 Å². The number of unbranched alkanes of at least 4 members (excludes halogenated alkanes) is 6. The van der Waals surface area contributed by atoms with Crippen molar-refractivity contribution in [1.29, 1.82) is 0 Å². The van der Waals surface area contributed by atoms with Crippen LogP contribution in [0.25, 0.3) is 11.4 Å². The van der Waals surface area contributed by atoms with Gasteiger partial charge in [-0.2, -0.15) is 4.80 Å². The molecule has 0 saturated heterocycles. The number of esters is 1. The average molecular weight is 393 g/mol. The Morgan fingerprint density at radius 1 is 0.931 bits per heavy atom. The van der Waals surface area contributed by atoms with E-state index in [1.54, 1.807) is 41.5 Å². The van der Waals surface area contributed by atoms with Gasteiger partial charge < -0.3 is 4.74 Å². The summed E-state index contributed by atoms with van der Waals surface area (Å²) in [7, 11) is 0. The number of aromatic nitrogens is 5. The van der Waals surface area contributed by atoms with Gasteiger partial charge in [0.25, 0.3) is 0 Å². The van der Waals surface area contributed by atoms with Gasteiger partial charge in [0.15, 0.2) is 0 Å². The number of ether oxygens (including phenoxy) is 1. The van der Waals surface area contributed by atoms with Crippen molar-refractivity contribution >= 4 is 5.97 Å². The van der Waals surface area contributed by atoms with Crippen molar-refractivity contribution in [3.05, 3.63) is 54.4 Å². The molecule has 0 aliphatic heterocycles. The first-order valence-electron chi connectivity index (χ1n) is 10.3. The third kappa shape index (κ3) is 6.48. The fourth-order valence-corrected chi connectivity index (χ4v) is 2.99. The number of hydrogen-bond donors (Lipinski definition) is 0. The second-order valence-corrected chi connectivity index (χ2v) is 6.98. The zero-order valence-corrected chi connectivity index (χ0v) is 16.8. The summed E-state index contributed by atoms with van der Waals surface area (Å²) in [6, 6.07) is 10.3. The fourth-order valence-electron chi connectivity index (χ4n) is 2.99. The third-order valence-electron chi connectivity index (χ3n) is 4.65. The predicted octanol–water partition coefficient (Wildman–Crippen LogP) is 4.70. The van der Waals surface area contributed by atoms with E-state index in [0.29, 0.717) is 17.1 Å². The van der Waals surface area contributed by atoms with Crippen LogP contribution in [0.3, 0.4) is 0 Å². The van der Waals surface area contributed by atoms with Gasteiger partial charge >= 0.3 is 5.97 Å². The van der Waals surface area contributed by atoms with E-state index in [2.05, 4.69) is 27.3 Å². The lowest BCUT2D eigenvalue weighted by Crippen LogP contribution is -2.08. The second kappa shape index (κ2) is 11.0. The highest BCUT2D eigenvalue weighted by Gasteiger charge is 2.10. The monoisotopic (exact) mass is 393 g/mol. The molecule has 0 aliphatic rings. The zero-order valence-electron chi connectivity index (χ0n) is 16.8. The Kier molecular flexibility index (Phi) is 7.86. The van der Waals surface area contributed by atoms with Crippen LogP contribution in [-0.2, 0) is 6.54 Å². The molecule has 0 N–H and O–H groups in total. The molecule has 0 radical (unpaired) electrons. The van der Waals surface area contributed by atoms with E-state index in [9.17, 15) is 4.79 Å². The minimum Gasteiger partial charge on any atom is -0.423 e. The Bertz CT molecular complexity index is 878. The summed E-state index contributed by atoms with van der Waals surface area (Å²) >= 11 is 0. The number of pyridine rings is 1. The Morgan fingerprint density at radius 3 is 2.34 bits per heavy atom. The zero-order chi connectivity index (χ0) is 20.3. The molecule has 7 nitrogen and oxygen atoms in total. The van der Waals surface area contributed by atoms with Crippen LogP contribution >= 0.6 is 0 Å². The van der Waals surface area contributed by atoms with Crippen molar-refractivity contribution < 1.29 is 9.53 Å². The Labute approximate surface area is 171 Å². The summed E-state index contributed by atoms with van der Waals surface area (Å²) in [5.41, 5.74) is 1.29. The van der Waals surface area contributed by atoms with Gasteiger partial charge in [0, 0.05) is 18.0 Å². The van der Waals surface area contributed by atoms with Crippen LogP contribution < -0.4 is 4.74 Å². The molecular formula is C22H27N5O2. The quantitative estimate of drug-likeness (QED) is 0.267. The Morgan fingerprint density at radius 2 is 1.62 bits per heavy atom. The van der Waals surface area contributed by atoms with Crippen LogP contribution in [0.15, 0.2) is 48.8 Å². The highest BCUT2D eigenvalue weighted by molar-refractivity contribution is 5.90. The average Bonchev–Trinajstić information content (AvgIpc) is 3.23. The lowest BCUT2D eigenvalue weighted by Gasteiger charge is -2.04. The van der Waals surface area contributed by atoms with E-state index < -0.39 is 5.97 Å². The van der Waals surface area contributed by atoms with E-state index in [-0.39, 0.29) is 0 Å². The SMILES string of the molecule is CCCCCCCCCn1nnc(-c2ccc(OC(=O)c3ccncc3)cc2)n1. The van der Waals surface area contributed by atoms with Crippen LogP contribution in [0.5, 0.6) is 5.75 Å². The van der Waals surface area contributed by atoms with E-state index in [4.69, 9.17) is 4.74 Å². The smallest absolute Gasteiger partial charge is 0.343 e.